The van der Waals surface area contributed by atoms with E-state index in [9.17, 15) is 9.59 Å². The molecule has 1 aliphatic carbocycles. The van der Waals surface area contributed by atoms with Crippen LogP contribution in [-0.4, -0.2) is 32.9 Å². The number of hydrogen-bond donors (Lipinski definition) is 1. The summed E-state index contributed by atoms with van der Waals surface area (Å²) < 4.78 is 3.15. The Morgan fingerprint density at radius 3 is 2.61 bits per heavy atom. The van der Waals surface area contributed by atoms with E-state index in [1.54, 1.807) is 11.3 Å². The molecule has 1 saturated carbocycles. The summed E-state index contributed by atoms with van der Waals surface area (Å²) in [4.78, 5) is 29.6. The zero-order valence-corrected chi connectivity index (χ0v) is 20.4. The van der Waals surface area contributed by atoms with Crippen molar-refractivity contribution in [2.45, 2.75) is 83.5 Å². The summed E-state index contributed by atoms with van der Waals surface area (Å²) >= 11 is 1.64. The van der Waals surface area contributed by atoms with Crippen LogP contribution in [0, 0.1) is 6.92 Å². The molecule has 3 heterocycles. The van der Waals surface area contributed by atoms with Gasteiger partial charge in [-0.05, 0) is 55.3 Å². The van der Waals surface area contributed by atoms with Crippen LogP contribution in [0.4, 0.5) is 0 Å². The van der Waals surface area contributed by atoms with Crippen LogP contribution in [0.1, 0.15) is 73.5 Å². The monoisotopic (exact) mass is 463 g/mol. The highest BCUT2D eigenvalue weighted by molar-refractivity contribution is 7.17. The molecule has 2 amide bonds. The standard InChI is InChI=1S/C27H33N3O2S/c1-19-10-8-9-11-20(19)17-30-25(31)23-16-24-22(14-15-33-24)29(23)18-27(30,2)26(32)28-21-12-6-4-3-5-7-13-21/h8-11,14-16,21H,3-7,12-13,17-18H2,1-2H3,(H,28,32). The van der Waals surface area contributed by atoms with Crippen LogP contribution in [0.25, 0.3) is 10.2 Å². The SMILES string of the molecule is Cc1ccccc1CN1C(=O)c2cc3sccc3n2CC1(C)C(=O)NC1CCCCCCC1. The Bertz CT molecular complexity index is 1170. The van der Waals surface area contributed by atoms with Crippen LogP contribution in [-0.2, 0) is 17.9 Å². The first kappa shape index (κ1) is 22.2. The molecule has 1 unspecified atom stereocenters. The lowest BCUT2D eigenvalue weighted by molar-refractivity contribution is -0.134. The number of carbonyl (C=O) groups is 2. The lowest BCUT2D eigenvalue weighted by Crippen LogP contribution is -2.64. The molecule has 5 nitrogen and oxygen atoms in total. The first-order valence-electron chi connectivity index (χ1n) is 12.2. The van der Waals surface area contributed by atoms with Crippen LogP contribution in [0.15, 0.2) is 41.8 Å². The van der Waals surface area contributed by atoms with Crippen molar-refractivity contribution < 1.29 is 9.59 Å². The summed E-state index contributed by atoms with van der Waals surface area (Å²) in [7, 11) is 0. The molecule has 0 bridgehead atoms. The molecule has 0 radical (unpaired) electrons. The molecule has 0 saturated heterocycles. The molecule has 1 aromatic carbocycles. The number of nitrogens with one attached hydrogen (secondary N) is 1. The summed E-state index contributed by atoms with van der Waals surface area (Å²) in [6.07, 6.45) is 8.14. The van der Waals surface area contributed by atoms with E-state index in [-0.39, 0.29) is 17.9 Å². The Morgan fingerprint density at radius 2 is 1.85 bits per heavy atom. The van der Waals surface area contributed by atoms with Crippen LogP contribution in [0.2, 0.25) is 0 Å². The van der Waals surface area contributed by atoms with Crippen LogP contribution in [0.3, 0.4) is 0 Å². The smallest absolute Gasteiger partial charge is 0.271 e. The number of aromatic nitrogens is 1. The first-order chi connectivity index (χ1) is 16.0. The molecular weight excluding hydrogens is 430 g/mol. The highest BCUT2D eigenvalue weighted by Crippen LogP contribution is 2.35. The predicted octanol–water partition coefficient (Wildman–Crippen LogP) is 5.66. The molecule has 2 aromatic heterocycles. The van der Waals surface area contributed by atoms with E-state index in [1.807, 2.05) is 35.4 Å². The van der Waals surface area contributed by atoms with E-state index in [1.165, 1.54) is 19.3 Å². The predicted molar refractivity (Wildman–Crippen MR) is 134 cm³/mol. The van der Waals surface area contributed by atoms with Gasteiger partial charge < -0.3 is 14.8 Å². The van der Waals surface area contributed by atoms with Gasteiger partial charge in [0.1, 0.15) is 11.2 Å². The van der Waals surface area contributed by atoms with E-state index in [4.69, 9.17) is 0 Å². The van der Waals surface area contributed by atoms with Gasteiger partial charge in [-0.1, -0.05) is 56.4 Å². The van der Waals surface area contributed by atoms with Gasteiger partial charge in [0.05, 0.1) is 16.8 Å². The number of thiophene rings is 1. The highest BCUT2D eigenvalue weighted by atomic mass is 32.1. The van der Waals surface area contributed by atoms with E-state index < -0.39 is 5.54 Å². The molecular formula is C27H33N3O2S. The fraction of sp³-hybridized carbons (Fsp3) is 0.481. The molecule has 1 fully saturated rings. The third-order valence-electron chi connectivity index (χ3n) is 7.57. The van der Waals surface area contributed by atoms with Crippen LogP contribution >= 0.6 is 11.3 Å². The number of hydrogen-bond acceptors (Lipinski definition) is 3. The molecule has 6 heteroatoms. The molecule has 1 atom stereocenters. The number of benzene rings is 1. The molecule has 0 spiro atoms. The maximum Gasteiger partial charge on any atom is 0.271 e. The maximum atomic E-state index is 13.9. The maximum absolute atomic E-state index is 13.9. The normalized spacial score (nSPS) is 22.1. The second-order valence-corrected chi connectivity index (χ2v) is 10.8. The van der Waals surface area contributed by atoms with Crippen molar-refractivity contribution in [3.8, 4) is 0 Å². The Kier molecular flexibility index (Phi) is 6.04. The Balaban J connectivity index is 1.50. The minimum Gasteiger partial charge on any atom is -0.351 e. The van der Waals surface area contributed by atoms with Crippen molar-refractivity contribution in [2.75, 3.05) is 0 Å². The Hall–Kier alpha value is -2.60. The zero-order chi connectivity index (χ0) is 23.0. The van der Waals surface area contributed by atoms with Crippen LogP contribution < -0.4 is 5.32 Å². The molecule has 2 aliphatic rings. The van der Waals surface area contributed by atoms with Gasteiger partial charge in [-0.15, -0.1) is 11.3 Å². The zero-order valence-electron chi connectivity index (χ0n) is 19.6. The first-order valence-corrected chi connectivity index (χ1v) is 13.1. The van der Waals surface area contributed by atoms with Crippen molar-refractivity contribution in [1.29, 1.82) is 0 Å². The minimum atomic E-state index is -0.956. The van der Waals surface area contributed by atoms with Gasteiger partial charge in [-0.2, -0.15) is 0 Å². The number of aryl methyl sites for hydroxylation is 1. The van der Waals surface area contributed by atoms with Gasteiger partial charge in [-0.3, -0.25) is 9.59 Å². The van der Waals surface area contributed by atoms with Gasteiger partial charge in [0.2, 0.25) is 5.91 Å². The quantitative estimate of drug-likeness (QED) is 0.543. The lowest BCUT2D eigenvalue weighted by Gasteiger charge is -2.45. The number of nitrogens with zero attached hydrogens (tertiary/aromatic N) is 2. The van der Waals surface area contributed by atoms with Crippen molar-refractivity contribution in [3.63, 3.8) is 0 Å². The van der Waals surface area contributed by atoms with Crippen molar-refractivity contribution >= 4 is 33.4 Å². The second kappa shape index (κ2) is 8.98. The minimum absolute atomic E-state index is 0.0299. The van der Waals surface area contributed by atoms with Gasteiger partial charge in [-0.25, -0.2) is 0 Å². The molecule has 5 rings (SSSR count). The Labute approximate surface area is 199 Å². The highest BCUT2D eigenvalue weighted by Gasteiger charge is 2.48. The summed E-state index contributed by atoms with van der Waals surface area (Å²) in [5.74, 6) is -0.0963. The average molecular weight is 464 g/mol. The molecule has 3 aromatic rings. The number of amides is 2. The fourth-order valence-electron chi connectivity index (χ4n) is 5.42. The molecule has 1 N–H and O–H groups in total. The van der Waals surface area contributed by atoms with Crippen molar-refractivity contribution in [1.82, 2.24) is 14.8 Å². The van der Waals surface area contributed by atoms with Crippen molar-refractivity contribution in [3.05, 3.63) is 58.6 Å². The van der Waals surface area contributed by atoms with E-state index >= 15 is 0 Å². The van der Waals surface area contributed by atoms with Gasteiger partial charge >= 0.3 is 0 Å². The van der Waals surface area contributed by atoms with E-state index in [2.05, 4.69) is 35.0 Å². The molecule has 1 aliphatic heterocycles. The topological polar surface area (TPSA) is 54.3 Å². The van der Waals surface area contributed by atoms with Gasteiger partial charge in [0, 0.05) is 12.6 Å². The Morgan fingerprint density at radius 1 is 1.12 bits per heavy atom. The summed E-state index contributed by atoms with van der Waals surface area (Å²) in [6.45, 7) is 4.91. The van der Waals surface area contributed by atoms with Crippen molar-refractivity contribution in [2.24, 2.45) is 0 Å². The fourth-order valence-corrected chi connectivity index (χ4v) is 6.24. The van der Waals surface area contributed by atoms with Gasteiger partial charge in [0.25, 0.3) is 5.91 Å². The largest absolute Gasteiger partial charge is 0.351 e. The molecule has 174 valence electrons. The van der Waals surface area contributed by atoms with Gasteiger partial charge in [0.15, 0.2) is 0 Å². The van der Waals surface area contributed by atoms with Crippen LogP contribution in [0.5, 0.6) is 0 Å². The van der Waals surface area contributed by atoms with E-state index in [0.717, 1.165) is 47.0 Å². The number of rotatable bonds is 4. The second-order valence-electron chi connectivity index (χ2n) is 9.89. The number of carbonyl (C=O) groups excluding carboxylic acids is 2. The van der Waals surface area contributed by atoms with E-state index in [0.29, 0.717) is 18.8 Å². The summed E-state index contributed by atoms with van der Waals surface area (Å²) in [5.41, 5.74) is 2.99. The average Bonchev–Trinajstić information content (AvgIpc) is 3.36. The lowest BCUT2D eigenvalue weighted by atomic mass is 9.91. The number of fused-ring (bicyclic) bond motifs is 3. The summed E-state index contributed by atoms with van der Waals surface area (Å²) in [5, 5.41) is 5.42. The third kappa shape index (κ3) is 4.10. The molecule has 33 heavy (non-hydrogen) atoms. The third-order valence-corrected chi connectivity index (χ3v) is 8.42. The summed E-state index contributed by atoms with van der Waals surface area (Å²) in [6, 6.07) is 12.4.